The summed E-state index contributed by atoms with van der Waals surface area (Å²) in [5.41, 5.74) is -0.681. The summed E-state index contributed by atoms with van der Waals surface area (Å²) in [5.74, 6) is 0. The number of nitrogens with one attached hydrogen (secondary N) is 1. The molecule has 1 aromatic rings. The lowest BCUT2D eigenvalue weighted by molar-refractivity contribution is -0.137. The molecular weight excluding hydrogens is 445 g/mol. The number of aliphatic hydroxyl groups excluding tert-OH is 1. The molecule has 1 aliphatic rings. The number of sulfonamides is 1. The summed E-state index contributed by atoms with van der Waals surface area (Å²) in [7, 11) is -1.93. The smallest absolute Gasteiger partial charge is 0.395 e. The van der Waals surface area contributed by atoms with Crippen LogP contribution in [0, 0.1) is 0 Å². The molecule has 1 fully saturated rings. The van der Waals surface area contributed by atoms with Crippen molar-refractivity contribution < 1.29 is 31.4 Å². The number of likely N-dealkylation sites (N-methyl/N-ethyl adjacent to an activating group) is 1. The number of unbranched alkanes of at least 4 members (excludes halogenated alkanes) is 1. The van der Waals surface area contributed by atoms with Gasteiger partial charge in [0.1, 0.15) is 0 Å². The van der Waals surface area contributed by atoms with Crippen molar-refractivity contribution in [3.63, 3.8) is 0 Å². The molecule has 0 spiro atoms. The molecular formula is C22H35F3N2O4S. The zero-order valence-corrected chi connectivity index (χ0v) is 19.6. The average molecular weight is 481 g/mol. The van der Waals surface area contributed by atoms with Crippen molar-refractivity contribution in [1.29, 1.82) is 0 Å². The third kappa shape index (κ3) is 8.30. The fourth-order valence-electron chi connectivity index (χ4n) is 3.94. The Morgan fingerprint density at radius 2 is 1.84 bits per heavy atom. The molecule has 2 N–H and O–H groups in total. The van der Waals surface area contributed by atoms with Crippen LogP contribution in [0.15, 0.2) is 23.1 Å². The van der Waals surface area contributed by atoms with E-state index in [1.807, 2.05) is 7.05 Å². The summed E-state index contributed by atoms with van der Waals surface area (Å²) < 4.78 is 73.1. The molecule has 184 valence electrons. The summed E-state index contributed by atoms with van der Waals surface area (Å²) in [6.07, 6.45) is 0.439. The highest BCUT2D eigenvalue weighted by atomic mass is 32.2. The summed E-state index contributed by atoms with van der Waals surface area (Å²) in [5, 5.41) is 8.88. The van der Waals surface area contributed by atoms with Gasteiger partial charge in [0.15, 0.2) is 0 Å². The second-order valence-electron chi connectivity index (χ2n) is 8.37. The molecule has 1 aromatic carbocycles. The van der Waals surface area contributed by atoms with Crippen LogP contribution in [0.5, 0.6) is 0 Å². The van der Waals surface area contributed by atoms with Crippen LogP contribution < -0.4 is 4.72 Å². The standard InChI is InChI=1S/C22H35F3N2O4S/c1-3-17-16-18(22(23,24)25)6-11-21(17)32(29,30)26-19-7-9-20(10-8-19)31-15-5-4-12-27(2)13-14-28/h6,11,16,19-20,26,28H,3-5,7-10,12-15H2,1-2H3. The van der Waals surface area contributed by atoms with Crippen LogP contribution in [0.4, 0.5) is 13.2 Å². The highest BCUT2D eigenvalue weighted by Crippen LogP contribution is 2.32. The fraction of sp³-hybridized carbons (Fsp3) is 0.727. The molecule has 6 nitrogen and oxygen atoms in total. The van der Waals surface area contributed by atoms with Gasteiger partial charge >= 0.3 is 6.18 Å². The Hall–Kier alpha value is -1.20. The molecule has 1 saturated carbocycles. The normalized spacial score (nSPS) is 20.1. The maximum atomic E-state index is 13.0. The van der Waals surface area contributed by atoms with Gasteiger partial charge in [-0.1, -0.05) is 6.92 Å². The topological polar surface area (TPSA) is 78.9 Å². The Morgan fingerprint density at radius 1 is 1.16 bits per heavy atom. The van der Waals surface area contributed by atoms with Crippen molar-refractivity contribution in [2.45, 2.75) is 75.1 Å². The second-order valence-corrected chi connectivity index (χ2v) is 10.1. The van der Waals surface area contributed by atoms with E-state index in [9.17, 15) is 21.6 Å². The zero-order valence-electron chi connectivity index (χ0n) is 18.8. The first kappa shape index (κ1) is 27.0. The first-order chi connectivity index (χ1) is 15.1. The SMILES string of the molecule is CCc1cc(C(F)(F)F)ccc1S(=O)(=O)NC1CCC(OCCCCN(C)CCO)CC1. The maximum absolute atomic E-state index is 13.0. The van der Waals surface area contributed by atoms with Gasteiger partial charge in [-0.15, -0.1) is 0 Å². The van der Waals surface area contributed by atoms with E-state index in [1.165, 1.54) is 0 Å². The summed E-state index contributed by atoms with van der Waals surface area (Å²) >= 11 is 0. The second kappa shape index (κ2) is 12.3. The molecule has 0 bridgehead atoms. The van der Waals surface area contributed by atoms with Gasteiger partial charge in [0.25, 0.3) is 0 Å². The monoisotopic (exact) mass is 480 g/mol. The van der Waals surface area contributed by atoms with E-state index in [1.54, 1.807) is 6.92 Å². The highest BCUT2D eigenvalue weighted by molar-refractivity contribution is 7.89. The predicted molar refractivity (Wildman–Crippen MR) is 117 cm³/mol. The van der Waals surface area contributed by atoms with Crippen molar-refractivity contribution in [3.8, 4) is 0 Å². The Morgan fingerprint density at radius 3 is 2.44 bits per heavy atom. The average Bonchev–Trinajstić information content (AvgIpc) is 2.73. The Balaban J connectivity index is 1.81. The van der Waals surface area contributed by atoms with E-state index in [0.29, 0.717) is 26.0 Å². The minimum Gasteiger partial charge on any atom is -0.395 e. The molecule has 32 heavy (non-hydrogen) atoms. The van der Waals surface area contributed by atoms with Crippen molar-refractivity contribution in [3.05, 3.63) is 29.3 Å². The molecule has 1 aliphatic carbocycles. The molecule has 2 rings (SSSR count). The van der Waals surface area contributed by atoms with Crippen LogP contribution in [0.25, 0.3) is 0 Å². The van der Waals surface area contributed by atoms with Gasteiger partial charge in [-0.2, -0.15) is 13.2 Å². The summed E-state index contributed by atoms with van der Waals surface area (Å²) in [4.78, 5) is 1.98. The highest BCUT2D eigenvalue weighted by Gasteiger charge is 2.33. The molecule has 0 aliphatic heterocycles. The third-order valence-corrected chi connectivity index (χ3v) is 7.44. The minimum absolute atomic E-state index is 0.0856. The van der Waals surface area contributed by atoms with Crippen LogP contribution >= 0.6 is 0 Å². The van der Waals surface area contributed by atoms with Gasteiger partial charge in [-0.25, -0.2) is 13.1 Å². The Bertz CT molecular complexity index is 810. The number of ether oxygens (including phenoxy) is 1. The van der Waals surface area contributed by atoms with E-state index in [2.05, 4.69) is 9.62 Å². The number of aliphatic hydroxyl groups is 1. The Labute approximate surface area is 189 Å². The molecule has 0 amide bonds. The van der Waals surface area contributed by atoms with Crippen molar-refractivity contribution in [2.75, 3.05) is 33.4 Å². The number of nitrogens with zero attached hydrogens (tertiary/aromatic N) is 1. The molecule has 10 heteroatoms. The summed E-state index contributed by atoms with van der Waals surface area (Å²) in [6, 6.07) is 2.54. The first-order valence-corrected chi connectivity index (χ1v) is 12.7. The lowest BCUT2D eigenvalue weighted by Crippen LogP contribution is -2.39. The van der Waals surface area contributed by atoms with Gasteiger partial charge in [-0.05, 0) is 82.3 Å². The molecule has 0 atom stereocenters. The lowest BCUT2D eigenvalue weighted by Gasteiger charge is -2.29. The number of hydrogen-bond donors (Lipinski definition) is 2. The van der Waals surface area contributed by atoms with Crippen LogP contribution in [0.2, 0.25) is 0 Å². The molecule has 0 aromatic heterocycles. The van der Waals surface area contributed by atoms with E-state index >= 15 is 0 Å². The largest absolute Gasteiger partial charge is 0.416 e. The number of alkyl halides is 3. The van der Waals surface area contributed by atoms with E-state index in [0.717, 1.165) is 50.4 Å². The first-order valence-electron chi connectivity index (χ1n) is 11.2. The fourth-order valence-corrected chi connectivity index (χ4v) is 5.54. The zero-order chi connectivity index (χ0) is 23.8. The minimum atomic E-state index is -4.51. The molecule has 0 saturated heterocycles. The quantitative estimate of drug-likeness (QED) is 0.447. The number of aryl methyl sites for hydroxylation is 1. The van der Waals surface area contributed by atoms with Crippen LogP contribution in [0.1, 0.15) is 56.6 Å². The van der Waals surface area contributed by atoms with Crippen molar-refractivity contribution in [1.82, 2.24) is 9.62 Å². The van der Waals surface area contributed by atoms with Crippen LogP contribution in [-0.4, -0.2) is 63.9 Å². The van der Waals surface area contributed by atoms with Gasteiger partial charge in [0.05, 0.1) is 23.2 Å². The number of rotatable bonds is 12. The molecule has 0 heterocycles. The van der Waals surface area contributed by atoms with Crippen molar-refractivity contribution in [2.24, 2.45) is 0 Å². The van der Waals surface area contributed by atoms with Crippen LogP contribution in [-0.2, 0) is 27.4 Å². The predicted octanol–water partition coefficient (Wildman–Crippen LogP) is 3.58. The van der Waals surface area contributed by atoms with Crippen LogP contribution in [0.3, 0.4) is 0 Å². The Kier molecular flexibility index (Phi) is 10.4. The third-order valence-electron chi connectivity index (χ3n) is 5.82. The maximum Gasteiger partial charge on any atom is 0.416 e. The number of halogens is 3. The van der Waals surface area contributed by atoms with Gasteiger partial charge in [0, 0.05) is 19.2 Å². The lowest BCUT2D eigenvalue weighted by atomic mass is 9.94. The molecule has 0 radical (unpaired) electrons. The van der Waals surface area contributed by atoms with Crippen molar-refractivity contribution >= 4 is 10.0 Å². The van der Waals surface area contributed by atoms with Gasteiger partial charge < -0.3 is 14.7 Å². The molecule has 0 unspecified atom stereocenters. The van der Waals surface area contributed by atoms with Gasteiger partial charge in [0.2, 0.25) is 10.0 Å². The number of benzene rings is 1. The summed E-state index contributed by atoms with van der Waals surface area (Å²) in [6.45, 7) is 4.01. The van der Waals surface area contributed by atoms with E-state index < -0.39 is 21.8 Å². The van der Waals surface area contributed by atoms with Gasteiger partial charge in [-0.3, -0.25) is 0 Å². The van der Waals surface area contributed by atoms with E-state index in [-0.39, 0.29) is 35.6 Å². The number of hydrogen-bond acceptors (Lipinski definition) is 5. The van der Waals surface area contributed by atoms with E-state index in [4.69, 9.17) is 9.84 Å².